The van der Waals surface area contributed by atoms with E-state index in [1.54, 1.807) is 12.3 Å². The molecule has 2 aromatic rings. The summed E-state index contributed by atoms with van der Waals surface area (Å²) < 4.78 is 5.60. The molecule has 0 atom stereocenters. The van der Waals surface area contributed by atoms with Crippen LogP contribution >= 0.6 is 0 Å². The Hall–Kier alpha value is -2.54. The number of hydrogen-bond donors (Lipinski definition) is 1. The van der Waals surface area contributed by atoms with Crippen LogP contribution in [0.4, 0.5) is 5.82 Å². The standard InChI is InChI=1S/C14H13N3O/c15-8-7-11-1-4-13(5-2-11)18-10-12-3-6-14(16)17-9-12/h1-6,9H,7,10H2,(H2,16,17). The Kier molecular flexibility index (Phi) is 3.77. The minimum atomic E-state index is 0.419. The predicted molar refractivity (Wildman–Crippen MR) is 68.7 cm³/mol. The first-order chi connectivity index (χ1) is 8.78. The van der Waals surface area contributed by atoms with Gasteiger partial charge < -0.3 is 10.5 Å². The first-order valence-electron chi connectivity index (χ1n) is 5.57. The Morgan fingerprint density at radius 1 is 1.11 bits per heavy atom. The molecule has 0 saturated heterocycles. The van der Waals surface area contributed by atoms with Gasteiger partial charge in [0.05, 0.1) is 12.5 Å². The number of hydrogen-bond acceptors (Lipinski definition) is 4. The van der Waals surface area contributed by atoms with Gasteiger partial charge in [0.25, 0.3) is 0 Å². The first-order valence-corrected chi connectivity index (χ1v) is 5.57. The molecule has 0 bridgehead atoms. The lowest BCUT2D eigenvalue weighted by Crippen LogP contribution is -1.97. The van der Waals surface area contributed by atoms with E-state index in [1.165, 1.54) is 0 Å². The normalized spacial score (nSPS) is 9.72. The molecule has 0 aliphatic heterocycles. The van der Waals surface area contributed by atoms with E-state index in [-0.39, 0.29) is 0 Å². The summed E-state index contributed by atoms with van der Waals surface area (Å²) in [4.78, 5) is 3.99. The van der Waals surface area contributed by atoms with Gasteiger partial charge in [-0.1, -0.05) is 18.2 Å². The number of nitrogens with two attached hydrogens (primary N) is 1. The summed E-state index contributed by atoms with van der Waals surface area (Å²) in [5, 5.41) is 8.57. The maximum atomic E-state index is 8.57. The molecule has 2 N–H and O–H groups in total. The van der Waals surface area contributed by atoms with Gasteiger partial charge in [-0.25, -0.2) is 4.98 Å². The van der Waals surface area contributed by atoms with Gasteiger partial charge in [-0.3, -0.25) is 0 Å². The van der Waals surface area contributed by atoms with Crippen LogP contribution in [0.1, 0.15) is 11.1 Å². The number of nitrogens with zero attached hydrogens (tertiary/aromatic N) is 2. The van der Waals surface area contributed by atoms with E-state index in [0.29, 0.717) is 18.8 Å². The lowest BCUT2D eigenvalue weighted by molar-refractivity contribution is 0.305. The van der Waals surface area contributed by atoms with Crippen LogP contribution in [0.15, 0.2) is 42.6 Å². The Bertz CT molecular complexity index is 541. The molecular weight excluding hydrogens is 226 g/mol. The highest BCUT2D eigenvalue weighted by Crippen LogP contribution is 2.14. The molecule has 4 nitrogen and oxygen atoms in total. The number of pyridine rings is 1. The molecule has 18 heavy (non-hydrogen) atoms. The molecule has 0 aliphatic carbocycles. The van der Waals surface area contributed by atoms with E-state index in [0.717, 1.165) is 16.9 Å². The van der Waals surface area contributed by atoms with Crippen molar-refractivity contribution < 1.29 is 4.74 Å². The summed E-state index contributed by atoms with van der Waals surface area (Å²) >= 11 is 0. The minimum absolute atomic E-state index is 0.419. The van der Waals surface area contributed by atoms with Gasteiger partial charge in [-0.2, -0.15) is 5.26 Å². The van der Waals surface area contributed by atoms with Crippen molar-refractivity contribution >= 4 is 5.82 Å². The average molecular weight is 239 g/mol. The van der Waals surface area contributed by atoms with E-state index in [1.807, 2.05) is 30.3 Å². The summed E-state index contributed by atoms with van der Waals surface area (Å²) in [5.41, 5.74) is 7.45. The molecule has 0 fully saturated rings. The van der Waals surface area contributed by atoms with Crippen LogP contribution in [0, 0.1) is 11.3 Å². The molecule has 0 radical (unpaired) electrons. The highest BCUT2D eigenvalue weighted by Gasteiger charge is 1.97. The van der Waals surface area contributed by atoms with Crippen molar-refractivity contribution in [3.8, 4) is 11.8 Å². The van der Waals surface area contributed by atoms with Crippen molar-refractivity contribution in [1.29, 1.82) is 5.26 Å². The zero-order valence-electron chi connectivity index (χ0n) is 9.84. The zero-order valence-corrected chi connectivity index (χ0v) is 9.84. The van der Waals surface area contributed by atoms with Gasteiger partial charge in [0, 0.05) is 11.8 Å². The molecule has 0 aliphatic rings. The topological polar surface area (TPSA) is 71.9 Å². The van der Waals surface area contributed by atoms with Crippen molar-refractivity contribution in [2.45, 2.75) is 13.0 Å². The second-order valence-electron chi connectivity index (χ2n) is 3.86. The number of rotatable bonds is 4. The summed E-state index contributed by atoms with van der Waals surface area (Å²) in [6.07, 6.45) is 2.11. The largest absolute Gasteiger partial charge is 0.489 e. The number of ether oxygens (including phenoxy) is 1. The second kappa shape index (κ2) is 5.69. The average Bonchev–Trinajstić information content (AvgIpc) is 2.40. The second-order valence-corrected chi connectivity index (χ2v) is 3.86. The van der Waals surface area contributed by atoms with E-state index >= 15 is 0 Å². The third kappa shape index (κ3) is 3.22. The predicted octanol–water partition coefficient (Wildman–Crippen LogP) is 2.31. The smallest absolute Gasteiger partial charge is 0.123 e. The third-order valence-electron chi connectivity index (χ3n) is 2.46. The van der Waals surface area contributed by atoms with Crippen molar-refractivity contribution in [3.63, 3.8) is 0 Å². The summed E-state index contributed by atoms with van der Waals surface area (Å²) in [6, 6.07) is 13.2. The van der Waals surface area contributed by atoms with Gasteiger partial charge >= 0.3 is 0 Å². The lowest BCUT2D eigenvalue weighted by Gasteiger charge is -2.06. The van der Waals surface area contributed by atoms with Crippen molar-refractivity contribution in [2.24, 2.45) is 0 Å². The lowest BCUT2D eigenvalue weighted by atomic mass is 10.2. The highest BCUT2D eigenvalue weighted by molar-refractivity contribution is 5.31. The van der Waals surface area contributed by atoms with Gasteiger partial charge in [0.15, 0.2) is 0 Å². The molecule has 90 valence electrons. The van der Waals surface area contributed by atoms with Crippen LogP contribution in [0.5, 0.6) is 5.75 Å². The fraction of sp³-hybridized carbons (Fsp3) is 0.143. The van der Waals surface area contributed by atoms with E-state index in [4.69, 9.17) is 15.7 Å². The van der Waals surface area contributed by atoms with Crippen LogP contribution in [0.3, 0.4) is 0 Å². The Morgan fingerprint density at radius 2 is 1.83 bits per heavy atom. The molecular formula is C14H13N3O. The zero-order chi connectivity index (χ0) is 12.8. The minimum Gasteiger partial charge on any atom is -0.489 e. The van der Waals surface area contributed by atoms with E-state index < -0.39 is 0 Å². The van der Waals surface area contributed by atoms with Crippen molar-refractivity contribution in [1.82, 2.24) is 4.98 Å². The third-order valence-corrected chi connectivity index (χ3v) is 2.46. The number of nitriles is 1. The number of benzene rings is 1. The van der Waals surface area contributed by atoms with Gasteiger partial charge in [-0.15, -0.1) is 0 Å². The van der Waals surface area contributed by atoms with Crippen LogP contribution in [0.2, 0.25) is 0 Å². The SMILES string of the molecule is N#CCc1ccc(OCc2ccc(N)nc2)cc1. The first kappa shape index (κ1) is 11.9. The molecule has 4 heteroatoms. The molecule has 1 aromatic heterocycles. The maximum Gasteiger partial charge on any atom is 0.123 e. The molecule has 0 amide bonds. The maximum absolute atomic E-state index is 8.57. The van der Waals surface area contributed by atoms with E-state index in [9.17, 15) is 0 Å². The van der Waals surface area contributed by atoms with Crippen LogP contribution in [-0.2, 0) is 13.0 Å². The molecule has 1 aromatic carbocycles. The molecule has 0 unspecified atom stereocenters. The quantitative estimate of drug-likeness (QED) is 0.888. The van der Waals surface area contributed by atoms with Gasteiger partial charge in [-0.05, 0) is 23.8 Å². The number of aromatic nitrogens is 1. The monoisotopic (exact) mass is 239 g/mol. The van der Waals surface area contributed by atoms with E-state index in [2.05, 4.69) is 11.1 Å². The fourth-order valence-electron chi connectivity index (χ4n) is 1.48. The van der Waals surface area contributed by atoms with Crippen molar-refractivity contribution in [2.75, 3.05) is 5.73 Å². The molecule has 1 heterocycles. The highest BCUT2D eigenvalue weighted by atomic mass is 16.5. The number of nitrogen functional groups attached to an aromatic ring is 1. The summed E-state index contributed by atoms with van der Waals surface area (Å²) in [6.45, 7) is 0.449. The molecule has 0 spiro atoms. The van der Waals surface area contributed by atoms with Crippen molar-refractivity contribution in [3.05, 3.63) is 53.7 Å². The van der Waals surface area contributed by atoms with Crippen LogP contribution < -0.4 is 10.5 Å². The van der Waals surface area contributed by atoms with Gasteiger partial charge in [0.2, 0.25) is 0 Å². The number of anilines is 1. The molecule has 2 rings (SSSR count). The van der Waals surface area contributed by atoms with Gasteiger partial charge in [0.1, 0.15) is 18.2 Å². The fourth-order valence-corrected chi connectivity index (χ4v) is 1.48. The van der Waals surface area contributed by atoms with Crippen LogP contribution in [0.25, 0.3) is 0 Å². The Balaban J connectivity index is 1.94. The van der Waals surface area contributed by atoms with Crippen LogP contribution in [-0.4, -0.2) is 4.98 Å². The molecule has 0 saturated carbocycles. The summed E-state index contributed by atoms with van der Waals surface area (Å²) in [5.74, 6) is 1.27. The summed E-state index contributed by atoms with van der Waals surface area (Å²) in [7, 11) is 0. The Labute approximate surface area is 106 Å². The Morgan fingerprint density at radius 3 is 2.44 bits per heavy atom.